The molecular weight excluding hydrogens is 402 g/mol. The van der Waals surface area contributed by atoms with Crippen LogP contribution in [0.1, 0.15) is 21.9 Å². The molecule has 0 aliphatic carbocycles. The molecule has 0 radical (unpaired) electrons. The molecule has 4 aromatic heterocycles. The van der Waals surface area contributed by atoms with Crippen LogP contribution in [0.3, 0.4) is 0 Å². The predicted octanol–water partition coefficient (Wildman–Crippen LogP) is 0.0102. The number of thioether (sulfide) groups is 1. The summed E-state index contributed by atoms with van der Waals surface area (Å²) in [7, 11) is 1.80. The van der Waals surface area contributed by atoms with Gasteiger partial charge in [-0.3, -0.25) is 4.79 Å². The zero-order chi connectivity index (χ0) is 20.2. The van der Waals surface area contributed by atoms with Crippen molar-refractivity contribution in [2.75, 3.05) is 5.73 Å². The van der Waals surface area contributed by atoms with E-state index in [9.17, 15) is 4.79 Å². The Balaban J connectivity index is 1.60. The van der Waals surface area contributed by atoms with Crippen molar-refractivity contribution in [3.63, 3.8) is 0 Å². The summed E-state index contributed by atoms with van der Waals surface area (Å²) >= 11 is 1.32. The lowest BCUT2D eigenvalue weighted by atomic mass is 10.3. The van der Waals surface area contributed by atoms with Gasteiger partial charge in [-0.05, 0) is 22.4 Å². The summed E-state index contributed by atoms with van der Waals surface area (Å²) in [6.45, 7) is 0. The number of amides is 1. The van der Waals surface area contributed by atoms with Crippen LogP contribution in [0.25, 0.3) is 5.82 Å². The Labute approximate surface area is 166 Å². The molecule has 4 heterocycles. The van der Waals surface area contributed by atoms with Crippen molar-refractivity contribution >= 4 is 29.7 Å². The first-order chi connectivity index (χ1) is 14.1. The lowest BCUT2D eigenvalue weighted by Crippen LogP contribution is -2.20. The number of nitrogens with zero attached hydrogens (tertiary/aromatic N) is 9. The molecule has 0 aliphatic rings. The molecule has 148 valence electrons. The molecule has 0 atom stereocenters. The third kappa shape index (κ3) is 3.84. The molecule has 0 aliphatic heterocycles. The number of carbonyl (C=O) groups excluding carboxylic acids is 1. The number of carbonyl (C=O) groups is 1. The summed E-state index contributed by atoms with van der Waals surface area (Å²) in [5.74, 6) is 0.277. The van der Waals surface area contributed by atoms with Gasteiger partial charge in [0.1, 0.15) is 12.1 Å². The highest BCUT2D eigenvalue weighted by molar-refractivity contribution is 7.98. The normalized spacial score (nSPS) is 11.3. The highest BCUT2D eigenvalue weighted by Gasteiger charge is 2.24. The van der Waals surface area contributed by atoms with Crippen LogP contribution in [0.2, 0.25) is 0 Å². The average molecular weight is 415 g/mol. The quantitative estimate of drug-likeness (QED) is 0.236. The molecule has 0 unspecified atom stereocenters. The molecular formula is C14H13N11O3S. The van der Waals surface area contributed by atoms with Crippen LogP contribution in [0.15, 0.2) is 44.0 Å². The molecule has 0 spiro atoms. The number of nitrogens with one attached hydrogen (secondary N) is 1. The molecule has 15 heteroatoms. The van der Waals surface area contributed by atoms with Gasteiger partial charge in [-0.25, -0.2) is 10.1 Å². The van der Waals surface area contributed by atoms with E-state index in [-0.39, 0.29) is 23.1 Å². The van der Waals surface area contributed by atoms with Crippen molar-refractivity contribution in [3.8, 4) is 5.82 Å². The van der Waals surface area contributed by atoms with Crippen molar-refractivity contribution < 1.29 is 13.8 Å². The van der Waals surface area contributed by atoms with E-state index in [1.54, 1.807) is 30.1 Å². The van der Waals surface area contributed by atoms with Crippen molar-refractivity contribution in [2.45, 2.75) is 10.9 Å². The van der Waals surface area contributed by atoms with Crippen molar-refractivity contribution in [1.82, 2.24) is 45.5 Å². The minimum atomic E-state index is -0.581. The van der Waals surface area contributed by atoms with Crippen LogP contribution in [-0.2, 0) is 12.8 Å². The number of aromatic nitrogens is 8. The lowest BCUT2D eigenvalue weighted by molar-refractivity contribution is 0.0949. The maximum absolute atomic E-state index is 12.6. The zero-order valence-electron chi connectivity index (χ0n) is 14.8. The van der Waals surface area contributed by atoms with Gasteiger partial charge < -0.3 is 14.7 Å². The van der Waals surface area contributed by atoms with E-state index >= 15 is 0 Å². The Kier molecular flexibility index (Phi) is 5.02. The maximum atomic E-state index is 12.6. The van der Waals surface area contributed by atoms with Gasteiger partial charge >= 0.3 is 0 Å². The summed E-state index contributed by atoms with van der Waals surface area (Å²) in [6, 6.07) is 3.39. The molecule has 0 bridgehead atoms. The highest BCUT2D eigenvalue weighted by Crippen LogP contribution is 2.24. The SMILES string of the molecule is Cn1cnnc1SCc1c(C(=O)N/N=C/c2ccco2)nnn1-c1nonc1N. The van der Waals surface area contributed by atoms with E-state index in [0.717, 1.165) is 0 Å². The lowest BCUT2D eigenvalue weighted by Gasteiger charge is -2.05. The number of aryl methyl sites for hydroxylation is 1. The van der Waals surface area contributed by atoms with E-state index in [4.69, 9.17) is 10.2 Å². The zero-order valence-corrected chi connectivity index (χ0v) is 15.6. The number of anilines is 1. The summed E-state index contributed by atoms with van der Waals surface area (Å²) in [5.41, 5.74) is 8.55. The fraction of sp³-hybridized carbons (Fsp3) is 0.143. The molecule has 29 heavy (non-hydrogen) atoms. The first kappa shape index (κ1) is 18.4. The predicted molar refractivity (Wildman–Crippen MR) is 98.0 cm³/mol. The Bertz CT molecular complexity index is 1140. The van der Waals surface area contributed by atoms with E-state index in [2.05, 4.69) is 46.0 Å². The van der Waals surface area contributed by atoms with Gasteiger partial charge in [0.05, 0.1) is 18.2 Å². The first-order valence-corrected chi connectivity index (χ1v) is 8.98. The molecule has 14 nitrogen and oxygen atoms in total. The standard InChI is InChI=1S/C14H13N11O3S/c1-24-7-17-20-14(24)29-6-9-10(13(26)19-16-5-8-3-2-4-27-8)18-23-25(9)12-11(15)21-28-22-12/h2-5,7H,6H2,1H3,(H2,15,21)(H,19,26)/b16-5+. The minimum Gasteiger partial charge on any atom is -0.463 e. The van der Waals surface area contributed by atoms with Crippen LogP contribution >= 0.6 is 11.8 Å². The summed E-state index contributed by atoms with van der Waals surface area (Å²) in [4.78, 5) is 12.6. The Morgan fingerprint density at radius 1 is 1.41 bits per heavy atom. The first-order valence-electron chi connectivity index (χ1n) is 8.00. The van der Waals surface area contributed by atoms with Crippen LogP contribution in [0, 0.1) is 0 Å². The molecule has 1 amide bonds. The molecule has 3 N–H and O–H groups in total. The van der Waals surface area contributed by atoms with Crippen molar-refractivity contribution in [3.05, 3.63) is 41.9 Å². The second-order valence-corrected chi connectivity index (χ2v) is 6.44. The number of furan rings is 1. The van der Waals surface area contributed by atoms with E-state index in [0.29, 0.717) is 16.6 Å². The fourth-order valence-electron chi connectivity index (χ4n) is 2.22. The molecule has 0 saturated heterocycles. The fourth-order valence-corrected chi connectivity index (χ4v) is 3.10. The Morgan fingerprint density at radius 3 is 3.00 bits per heavy atom. The highest BCUT2D eigenvalue weighted by atomic mass is 32.2. The van der Waals surface area contributed by atoms with Gasteiger partial charge in [0.2, 0.25) is 11.6 Å². The Hall–Kier alpha value is -4.01. The number of rotatable bonds is 7. The monoisotopic (exact) mass is 415 g/mol. The largest absolute Gasteiger partial charge is 0.463 e. The molecule has 4 aromatic rings. The van der Waals surface area contributed by atoms with Gasteiger partial charge in [0.15, 0.2) is 10.9 Å². The second kappa shape index (κ2) is 7.93. The summed E-state index contributed by atoms with van der Waals surface area (Å²) in [5, 5.41) is 27.4. The number of hydrazone groups is 1. The number of nitrogens with two attached hydrogens (primary N) is 1. The smallest absolute Gasteiger partial charge is 0.293 e. The summed E-state index contributed by atoms with van der Waals surface area (Å²) < 4.78 is 12.7. The second-order valence-electron chi connectivity index (χ2n) is 5.50. The number of hydrogen-bond donors (Lipinski definition) is 2. The van der Waals surface area contributed by atoms with Crippen LogP contribution in [-0.4, -0.2) is 52.2 Å². The van der Waals surface area contributed by atoms with E-state index < -0.39 is 5.91 Å². The van der Waals surface area contributed by atoms with Gasteiger partial charge in [0.25, 0.3) is 5.91 Å². The molecule has 0 aromatic carbocycles. The van der Waals surface area contributed by atoms with Gasteiger partial charge in [-0.1, -0.05) is 17.0 Å². The van der Waals surface area contributed by atoms with Crippen LogP contribution in [0.4, 0.5) is 5.82 Å². The third-order valence-electron chi connectivity index (χ3n) is 3.58. The number of hydrogen-bond acceptors (Lipinski definition) is 12. The Morgan fingerprint density at radius 2 is 2.31 bits per heavy atom. The van der Waals surface area contributed by atoms with E-state index in [1.165, 1.54) is 28.9 Å². The molecule has 4 rings (SSSR count). The summed E-state index contributed by atoms with van der Waals surface area (Å²) in [6.07, 6.45) is 4.41. The van der Waals surface area contributed by atoms with Crippen molar-refractivity contribution in [1.29, 1.82) is 0 Å². The maximum Gasteiger partial charge on any atom is 0.293 e. The van der Waals surface area contributed by atoms with Crippen molar-refractivity contribution in [2.24, 2.45) is 12.1 Å². The van der Waals surface area contributed by atoms with E-state index in [1.807, 2.05) is 0 Å². The molecule has 0 fully saturated rings. The third-order valence-corrected chi connectivity index (χ3v) is 4.63. The number of nitrogen functional groups attached to an aromatic ring is 1. The van der Waals surface area contributed by atoms with Crippen LogP contribution < -0.4 is 11.2 Å². The average Bonchev–Trinajstić information content (AvgIpc) is 3.48. The van der Waals surface area contributed by atoms with Crippen LogP contribution in [0.5, 0.6) is 0 Å². The minimum absolute atomic E-state index is 0.00241. The van der Waals surface area contributed by atoms with Gasteiger partial charge in [0, 0.05) is 12.8 Å². The van der Waals surface area contributed by atoms with Gasteiger partial charge in [-0.15, -0.1) is 15.3 Å². The molecule has 0 saturated carbocycles. The van der Waals surface area contributed by atoms with Gasteiger partial charge in [-0.2, -0.15) is 9.78 Å². The topological polar surface area (TPSA) is 181 Å².